The van der Waals surface area contributed by atoms with Gasteiger partial charge in [-0.25, -0.2) is 0 Å². The fourth-order valence-corrected chi connectivity index (χ4v) is 3.72. The highest BCUT2D eigenvalue weighted by Gasteiger charge is 2.41. The zero-order valence-electron chi connectivity index (χ0n) is 15.0. The summed E-state index contributed by atoms with van der Waals surface area (Å²) in [7, 11) is 0. The number of benzene rings is 2. The quantitative estimate of drug-likeness (QED) is 0.665. The number of nitrogens with one attached hydrogen (secondary N) is 1. The van der Waals surface area contributed by atoms with E-state index >= 15 is 0 Å². The largest absolute Gasteiger partial charge is 0.427 e. The van der Waals surface area contributed by atoms with Gasteiger partial charge in [0.2, 0.25) is 0 Å². The number of anilines is 1. The minimum Gasteiger partial charge on any atom is -0.427 e. The fourth-order valence-electron chi connectivity index (χ4n) is 3.72. The van der Waals surface area contributed by atoms with E-state index in [2.05, 4.69) is 11.4 Å². The Morgan fingerprint density at radius 2 is 2.11 bits per heavy atom. The highest BCUT2D eigenvalue weighted by atomic mass is 16.6. The van der Waals surface area contributed by atoms with Crippen molar-refractivity contribution in [1.29, 1.82) is 5.26 Å². The van der Waals surface area contributed by atoms with E-state index in [4.69, 9.17) is 19.5 Å². The van der Waals surface area contributed by atoms with Gasteiger partial charge >= 0.3 is 5.97 Å². The number of fused-ring (bicyclic) bond motifs is 3. The molecule has 2 aromatic carbocycles. The summed E-state index contributed by atoms with van der Waals surface area (Å²) in [5, 5.41) is 12.5. The maximum absolute atomic E-state index is 11.3. The van der Waals surface area contributed by atoms with Crippen LogP contribution in [0.5, 0.6) is 5.75 Å². The second kappa shape index (κ2) is 7.39. The number of carbonyl (C=O) groups excluding carboxylic acids is 1. The Labute approximate surface area is 157 Å². The first-order valence-electron chi connectivity index (χ1n) is 8.93. The van der Waals surface area contributed by atoms with Gasteiger partial charge in [-0.15, -0.1) is 0 Å². The van der Waals surface area contributed by atoms with Gasteiger partial charge in [0.1, 0.15) is 18.0 Å². The van der Waals surface area contributed by atoms with Crippen molar-refractivity contribution in [2.75, 3.05) is 18.5 Å². The number of ether oxygens (including phenoxy) is 3. The zero-order valence-corrected chi connectivity index (χ0v) is 15.0. The van der Waals surface area contributed by atoms with Crippen molar-refractivity contribution in [2.24, 2.45) is 0 Å². The lowest BCUT2D eigenvalue weighted by atomic mass is 9.86. The third-order valence-electron chi connectivity index (χ3n) is 4.81. The third kappa shape index (κ3) is 3.52. The molecule has 2 heterocycles. The van der Waals surface area contributed by atoms with Crippen molar-refractivity contribution in [3.05, 3.63) is 59.2 Å². The molecule has 6 nitrogen and oxygen atoms in total. The summed E-state index contributed by atoms with van der Waals surface area (Å²) in [4.78, 5) is 11.3. The van der Waals surface area contributed by atoms with Gasteiger partial charge < -0.3 is 19.5 Å². The topological polar surface area (TPSA) is 80.6 Å². The molecule has 138 valence electrons. The van der Waals surface area contributed by atoms with Crippen LogP contribution in [0.1, 0.15) is 35.8 Å². The average molecular weight is 364 g/mol. The monoisotopic (exact) mass is 364 g/mol. The van der Waals surface area contributed by atoms with Crippen LogP contribution in [-0.4, -0.2) is 25.3 Å². The van der Waals surface area contributed by atoms with E-state index in [1.807, 2.05) is 36.4 Å². The molecule has 0 saturated carbocycles. The second-order valence-electron chi connectivity index (χ2n) is 6.67. The first-order valence-corrected chi connectivity index (χ1v) is 8.93. The molecule has 2 aromatic rings. The third-order valence-corrected chi connectivity index (χ3v) is 4.81. The van der Waals surface area contributed by atoms with Gasteiger partial charge in [-0.05, 0) is 35.4 Å². The van der Waals surface area contributed by atoms with Crippen LogP contribution in [0.3, 0.4) is 0 Å². The standard InChI is InChI=1S/C21H20N2O4/c1-13(24)27-16-4-2-3-15(12-16)19-21-20(25-9-10-26-21)17-11-14(7-8-22)5-6-18(17)23-19/h2-6,11-12,19-21,23H,7,9-10H2,1H3. The Balaban J connectivity index is 1.71. The number of hydrogen-bond acceptors (Lipinski definition) is 6. The molecule has 0 bridgehead atoms. The summed E-state index contributed by atoms with van der Waals surface area (Å²) < 4.78 is 17.3. The molecule has 0 aromatic heterocycles. The molecule has 4 rings (SSSR count). The smallest absolute Gasteiger partial charge is 0.308 e. The number of nitriles is 1. The molecule has 3 atom stereocenters. The van der Waals surface area contributed by atoms with Crippen LogP contribution in [-0.2, 0) is 20.7 Å². The molecule has 1 N–H and O–H groups in total. The number of carbonyl (C=O) groups is 1. The lowest BCUT2D eigenvalue weighted by molar-refractivity contribution is -0.151. The lowest BCUT2D eigenvalue weighted by Gasteiger charge is -2.43. The highest BCUT2D eigenvalue weighted by Crippen LogP contribution is 2.44. The first-order chi connectivity index (χ1) is 13.2. The molecule has 0 spiro atoms. The molecular weight excluding hydrogens is 344 g/mol. The molecule has 3 unspecified atom stereocenters. The Hall–Kier alpha value is -2.88. The van der Waals surface area contributed by atoms with Crippen LogP contribution in [0.4, 0.5) is 5.69 Å². The molecule has 1 fully saturated rings. The normalized spacial score (nSPS) is 23.3. The van der Waals surface area contributed by atoms with Crippen LogP contribution < -0.4 is 10.1 Å². The SMILES string of the molecule is CC(=O)Oc1cccc(C2Nc3ccc(CC#N)cc3C3OCCOC23)c1. The summed E-state index contributed by atoms with van der Waals surface area (Å²) in [6, 6.07) is 15.4. The van der Waals surface area contributed by atoms with Crippen molar-refractivity contribution < 1.29 is 19.0 Å². The molecule has 0 radical (unpaired) electrons. The van der Waals surface area contributed by atoms with Crippen LogP contribution >= 0.6 is 0 Å². The Bertz CT molecular complexity index is 905. The van der Waals surface area contributed by atoms with Crippen LogP contribution in [0.15, 0.2) is 42.5 Å². The van der Waals surface area contributed by atoms with Gasteiger partial charge in [-0.1, -0.05) is 18.2 Å². The number of esters is 1. The van der Waals surface area contributed by atoms with E-state index in [0.717, 1.165) is 22.4 Å². The minimum atomic E-state index is -0.353. The van der Waals surface area contributed by atoms with Crippen molar-refractivity contribution in [1.82, 2.24) is 0 Å². The summed E-state index contributed by atoms with van der Waals surface area (Å²) in [5.41, 5.74) is 3.90. The molecule has 0 amide bonds. The van der Waals surface area contributed by atoms with Gasteiger partial charge in [0.25, 0.3) is 0 Å². The number of hydrogen-bond donors (Lipinski definition) is 1. The van der Waals surface area contributed by atoms with E-state index < -0.39 is 0 Å². The Kier molecular flexibility index (Phi) is 4.80. The predicted molar refractivity (Wildman–Crippen MR) is 98.3 cm³/mol. The highest BCUT2D eigenvalue weighted by molar-refractivity contribution is 5.69. The van der Waals surface area contributed by atoms with E-state index in [-0.39, 0.29) is 24.2 Å². The lowest BCUT2D eigenvalue weighted by Crippen LogP contribution is -2.43. The van der Waals surface area contributed by atoms with Gasteiger partial charge in [0.05, 0.1) is 31.7 Å². The van der Waals surface area contributed by atoms with E-state index in [1.54, 1.807) is 6.07 Å². The average Bonchev–Trinajstić information content (AvgIpc) is 2.67. The predicted octanol–water partition coefficient (Wildman–Crippen LogP) is 3.30. The molecule has 27 heavy (non-hydrogen) atoms. The Morgan fingerprint density at radius 1 is 1.26 bits per heavy atom. The van der Waals surface area contributed by atoms with Gasteiger partial charge in [0.15, 0.2) is 0 Å². The van der Waals surface area contributed by atoms with E-state index in [9.17, 15) is 4.79 Å². The molecule has 2 aliphatic rings. The molecular formula is C21H20N2O4. The van der Waals surface area contributed by atoms with Crippen LogP contribution in [0, 0.1) is 11.3 Å². The first kappa shape index (κ1) is 17.5. The maximum Gasteiger partial charge on any atom is 0.308 e. The Morgan fingerprint density at radius 3 is 2.93 bits per heavy atom. The van der Waals surface area contributed by atoms with Gasteiger partial charge in [0, 0.05) is 18.2 Å². The van der Waals surface area contributed by atoms with Crippen LogP contribution in [0.25, 0.3) is 0 Å². The summed E-state index contributed by atoms with van der Waals surface area (Å²) in [5.74, 6) is 0.152. The second-order valence-corrected chi connectivity index (χ2v) is 6.67. The number of nitrogens with zero attached hydrogens (tertiary/aromatic N) is 1. The van der Waals surface area contributed by atoms with Crippen LogP contribution in [0.2, 0.25) is 0 Å². The van der Waals surface area contributed by atoms with Gasteiger partial charge in [-0.3, -0.25) is 4.79 Å². The van der Waals surface area contributed by atoms with Gasteiger partial charge in [-0.2, -0.15) is 5.26 Å². The van der Waals surface area contributed by atoms with Crippen molar-refractivity contribution in [3.8, 4) is 11.8 Å². The number of rotatable bonds is 3. The minimum absolute atomic E-state index is 0.139. The molecule has 0 aliphatic carbocycles. The fraction of sp³-hybridized carbons (Fsp3) is 0.333. The molecule has 2 aliphatic heterocycles. The maximum atomic E-state index is 11.3. The van der Waals surface area contributed by atoms with E-state index in [1.165, 1.54) is 6.92 Å². The van der Waals surface area contributed by atoms with Crippen molar-refractivity contribution >= 4 is 11.7 Å². The van der Waals surface area contributed by atoms with E-state index in [0.29, 0.717) is 25.4 Å². The van der Waals surface area contributed by atoms with Crippen molar-refractivity contribution in [2.45, 2.75) is 31.6 Å². The summed E-state index contributed by atoms with van der Waals surface area (Å²) >= 11 is 0. The molecule has 6 heteroatoms. The summed E-state index contributed by atoms with van der Waals surface area (Å²) in [6.45, 7) is 2.44. The zero-order chi connectivity index (χ0) is 18.8. The summed E-state index contributed by atoms with van der Waals surface area (Å²) in [6.07, 6.45) is -0.0634. The molecule has 1 saturated heterocycles. The van der Waals surface area contributed by atoms with Crippen molar-refractivity contribution in [3.63, 3.8) is 0 Å².